The molecule has 9 heteroatoms. The Balaban J connectivity index is 1.54. The molecule has 3 aromatic rings. The number of fused-ring (bicyclic) bond motifs is 1. The van der Waals surface area contributed by atoms with Crippen molar-refractivity contribution in [2.24, 2.45) is 0 Å². The van der Waals surface area contributed by atoms with Crippen molar-refractivity contribution in [1.29, 1.82) is 0 Å². The molecule has 1 amide bonds. The second kappa shape index (κ2) is 7.73. The van der Waals surface area contributed by atoms with Gasteiger partial charge < -0.3 is 10.1 Å². The molecule has 1 atom stereocenters. The molecule has 0 radical (unpaired) electrons. The number of carbonyl (C=O) groups excluding carboxylic acids is 1. The lowest BCUT2D eigenvalue weighted by Crippen LogP contribution is -2.34. The normalized spacial score (nSPS) is 16.0. The summed E-state index contributed by atoms with van der Waals surface area (Å²) in [4.78, 5) is 16.4. The molecule has 4 rings (SSSR count). The number of hydrogen-bond donors (Lipinski definition) is 2. The number of nitrogens with zero attached hydrogens (tertiary/aromatic N) is 1. The first-order valence-electron chi connectivity index (χ1n) is 9.43. The van der Waals surface area contributed by atoms with Crippen LogP contribution in [0.25, 0.3) is 11.3 Å². The molecule has 2 N–H and O–H groups in total. The number of nitrogens with one attached hydrogen (secondary N) is 2. The second-order valence-corrected chi connectivity index (χ2v) is 9.87. The van der Waals surface area contributed by atoms with Crippen molar-refractivity contribution in [2.75, 3.05) is 10.0 Å². The zero-order valence-electron chi connectivity index (χ0n) is 16.7. The minimum Gasteiger partial charge on any atom is -0.479 e. The Morgan fingerprint density at radius 1 is 1.17 bits per heavy atom. The number of benzene rings is 2. The van der Waals surface area contributed by atoms with Crippen molar-refractivity contribution >= 4 is 38.1 Å². The SMILES string of the molecule is CC1Oc2ccc(-c3csc(NS(=O)(=O)c4ccc(C(C)C)cc4)n3)cc2NC1=O. The van der Waals surface area contributed by atoms with Gasteiger partial charge in [-0.2, -0.15) is 0 Å². The summed E-state index contributed by atoms with van der Waals surface area (Å²) in [6, 6.07) is 12.2. The lowest BCUT2D eigenvalue weighted by Gasteiger charge is -2.23. The minimum atomic E-state index is -3.73. The van der Waals surface area contributed by atoms with Crippen LogP contribution in [0.5, 0.6) is 5.75 Å². The van der Waals surface area contributed by atoms with Crippen molar-refractivity contribution in [2.45, 2.75) is 37.7 Å². The Morgan fingerprint density at radius 3 is 2.60 bits per heavy atom. The van der Waals surface area contributed by atoms with Crippen molar-refractivity contribution < 1.29 is 17.9 Å². The van der Waals surface area contributed by atoms with Gasteiger partial charge in [0.2, 0.25) is 0 Å². The van der Waals surface area contributed by atoms with E-state index in [0.717, 1.165) is 11.1 Å². The van der Waals surface area contributed by atoms with Gasteiger partial charge in [-0.25, -0.2) is 13.4 Å². The monoisotopic (exact) mass is 443 g/mol. The summed E-state index contributed by atoms with van der Waals surface area (Å²) in [7, 11) is -3.73. The first-order valence-corrected chi connectivity index (χ1v) is 11.8. The summed E-state index contributed by atoms with van der Waals surface area (Å²) in [5, 5.41) is 4.83. The van der Waals surface area contributed by atoms with Gasteiger partial charge in [0.05, 0.1) is 16.3 Å². The summed E-state index contributed by atoms with van der Waals surface area (Å²) in [6.45, 7) is 5.79. The van der Waals surface area contributed by atoms with Gasteiger partial charge in [0.25, 0.3) is 15.9 Å². The lowest BCUT2D eigenvalue weighted by molar-refractivity contribution is -0.122. The Morgan fingerprint density at radius 2 is 1.90 bits per heavy atom. The van der Waals surface area contributed by atoms with Crippen LogP contribution in [0.3, 0.4) is 0 Å². The molecule has 0 saturated carbocycles. The standard InChI is InChI=1S/C21H21N3O4S2/c1-12(2)14-4-7-16(8-5-14)30(26,27)24-21-23-18(11-29-21)15-6-9-19-17(10-15)22-20(25)13(3)28-19/h4-13H,1-3H3,(H,22,25)(H,23,24). The second-order valence-electron chi connectivity index (χ2n) is 7.33. The van der Waals surface area contributed by atoms with Gasteiger partial charge in [0, 0.05) is 10.9 Å². The van der Waals surface area contributed by atoms with Crippen LogP contribution in [0.2, 0.25) is 0 Å². The third kappa shape index (κ3) is 4.03. The molecule has 1 aromatic heterocycles. The molecule has 30 heavy (non-hydrogen) atoms. The third-order valence-electron chi connectivity index (χ3n) is 4.79. The molecule has 0 saturated heterocycles. The maximum absolute atomic E-state index is 12.7. The van der Waals surface area contributed by atoms with Crippen molar-refractivity contribution in [3.8, 4) is 17.0 Å². The molecule has 1 aliphatic rings. The lowest BCUT2D eigenvalue weighted by atomic mass is 10.0. The fourth-order valence-electron chi connectivity index (χ4n) is 3.03. The maximum atomic E-state index is 12.7. The van der Waals surface area contributed by atoms with Gasteiger partial charge in [-0.15, -0.1) is 11.3 Å². The number of hydrogen-bond acceptors (Lipinski definition) is 6. The smallest absolute Gasteiger partial charge is 0.265 e. The summed E-state index contributed by atoms with van der Waals surface area (Å²) >= 11 is 1.19. The van der Waals surface area contributed by atoms with Crippen molar-refractivity contribution in [3.05, 3.63) is 53.4 Å². The van der Waals surface area contributed by atoms with Crippen LogP contribution in [0.4, 0.5) is 10.8 Å². The molecule has 0 fully saturated rings. The fourth-order valence-corrected chi connectivity index (χ4v) is 5.00. The number of rotatable bonds is 5. The number of amides is 1. The highest BCUT2D eigenvalue weighted by molar-refractivity contribution is 7.93. The van der Waals surface area contributed by atoms with Gasteiger partial charge in [0.1, 0.15) is 5.75 Å². The van der Waals surface area contributed by atoms with Crippen LogP contribution < -0.4 is 14.8 Å². The van der Waals surface area contributed by atoms with E-state index in [1.807, 2.05) is 18.2 Å². The average molecular weight is 444 g/mol. The quantitative estimate of drug-likeness (QED) is 0.607. The van der Waals surface area contributed by atoms with E-state index >= 15 is 0 Å². The van der Waals surface area contributed by atoms with Crippen molar-refractivity contribution in [1.82, 2.24) is 4.98 Å². The Hall–Kier alpha value is -2.91. The average Bonchev–Trinajstić information content (AvgIpc) is 3.16. The Labute approximate surface area is 179 Å². The number of ether oxygens (including phenoxy) is 1. The van der Waals surface area contributed by atoms with Gasteiger partial charge in [0.15, 0.2) is 11.2 Å². The van der Waals surface area contributed by atoms with Crippen molar-refractivity contribution in [3.63, 3.8) is 0 Å². The van der Waals surface area contributed by atoms with E-state index in [1.165, 1.54) is 11.3 Å². The molecule has 0 bridgehead atoms. The van der Waals surface area contributed by atoms with E-state index in [1.54, 1.807) is 36.6 Å². The van der Waals surface area contributed by atoms with Crippen LogP contribution >= 0.6 is 11.3 Å². The molecule has 0 spiro atoms. The van der Waals surface area contributed by atoms with Gasteiger partial charge in [-0.1, -0.05) is 26.0 Å². The van der Waals surface area contributed by atoms with Crippen LogP contribution in [0.1, 0.15) is 32.3 Å². The summed E-state index contributed by atoms with van der Waals surface area (Å²) in [6.07, 6.45) is -0.543. The molecule has 2 aromatic carbocycles. The number of sulfonamides is 1. The summed E-state index contributed by atoms with van der Waals surface area (Å²) in [5.41, 5.74) is 2.98. The van der Waals surface area contributed by atoms with Crippen LogP contribution in [-0.2, 0) is 14.8 Å². The molecule has 1 unspecified atom stereocenters. The van der Waals surface area contributed by atoms with Crippen LogP contribution in [0, 0.1) is 0 Å². The number of aromatic nitrogens is 1. The first-order chi connectivity index (χ1) is 14.2. The van der Waals surface area contributed by atoms with Gasteiger partial charge in [-0.05, 0) is 48.7 Å². The molecule has 1 aliphatic heterocycles. The molecule has 0 aliphatic carbocycles. The summed E-state index contributed by atoms with van der Waals surface area (Å²) < 4.78 is 33.4. The van der Waals surface area contributed by atoms with E-state index in [-0.39, 0.29) is 15.9 Å². The van der Waals surface area contributed by atoms with E-state index in [9.17, 15) is 13.2 Å². The third-order valence-corrected chi connectivity index (χ3v) is 7.03. The maximum Gasteiger partial charge on any atom is 0.265 e. The zero-order chi connectivity index (χ0) is 21.5. The van der Waals surface area contributed by atoms with E-state index in [4.69, 9.17) is 4.74 Å². The largest absolute Gasteiger partial charge is 0.479 e. The minimum absolute atomic E-state index is 0.186. The number of thiazole rings is 1. The van der Waals surface area contributed by atoms with Crippen LogP contribution in [-0.4, -0.2) is 25.4 Å². The Kier molecular flexibility index (Phi) is 5.25. The number of anilines is 2. The van der Waals surface area contributed by atoms with E-state index in [0.29, 0.717) is 23.0 Å². The van der Waals surface area contributed by atoms with Gasteiger partial charge >= 0.3 is 0 Å². The van der Waals surface area contributed by atoms with E-state index in [2.05, 4.69) is 28.9 Å². The molecule has 7 nitrogen and oxygen atoms in total. The predicted octanol–water partition coefficient (Wildman–Crippen LogP) is 4.45. The fraction of sp³-hybridized carbons (Fsp3) is 0.238. The zero-order valence-corrected chi connectivity index (χ0v) is 18.3. The molecule has 2 heterocycles. The molecule has 156 valence electrons. The predicted molar refractivity (Wildman–Crippen MR) is 118 cm³/mol. The highest BCUT2D eigenvalue weighted by Gasteiger charge is 2.24. The van der Waals surface area contributed by atoms with Gasteiger partial charge in [-0.3, -0.25) is 9.52 Å². The first kappa shape index (κ1) is 20.4. The number of carbonyl (C=O) groups is 1. The Bertz CT molecular complexity index is 1200. The molecular weight excluding hydrogens is 422 g/mol. The molecular formula is C21H21N3O4S2. The highest BCUT2D eigenvalue weighted by Crippen LogP contribution is 2.35. The van der Waals surface area contributed by atoms with E-state index < -0.39 is 16.1 Å². The highest BCUT2D eigenvalue weighted by atomic mass is 32.2. The topological polar surface area (TPSA) is 97.4 Å². The summed E-state index contributed by atoms with van der Waals surface area (Å²) in [5.74, 6) is 0.702. The van der Waals surface area contributed by atoms with Crippen LogP contribution in [0.15, 0.2) is 52.7 Å².